The van der Waals surface area contributed by atoms with Gasteiger partial charge in [0.2, 0.25) is 0 Å². The molecule has 1 aliphatic heterocycles. The fourth-order valence-electron chi connectivity index (χ4n) is 1.40. The molecule has 2 atom stereocenters. The van der Waals surface area contributed by atoms with Gasteiger partial charge in [0.05, 0.1) is 12.1 Å². The van der Waals surface area contributed by atoms with Gasteiger partial charge in [0.25, 0.3) is 0 Å². The summed E-state index contributed by atoms with van der Waals surface area (Å²) in [6.45, 7) is 1.90. The summed E-state index contributed by atoms with van der Waals surface area (Å²) < 4.78 is 18.4. The van der Waals surface area contributed by atoms with Crippen LogP contribution in [-0.2, 0) is 4.74 Å². The Hall–Kier alpha value is -0.840. The zero-order chi connectivity index (χ0) is 10.1. The average Bonchev–Trinajstić information content (AvgIpc) is 2.09. The van der Waals surface area contributed by atoms with Crippen molar-refractivity contribution in [1.29, 1.82) is 0 Å². The van der Waals surface area contributed by atoms with E-state index in [2.05, 4.69) is 0 Å². The molecule has 1 fully saturated rings. The van der Waals surface area contributed by atoms with Crippen LogP contribution in [-0.4, -0.2) is 48.1 Å². The molecule has 1 amide bonds. The van der Waals surface area contributed by atoms with Crippen LogP contribution in [0.25, 0.3) is 0 Å². The van der Waals surface area contributed by atoms with Gasteiger partial charge in [0.1, 0.15) is 6.17 Å². The zero-order valence-electron chi connectivity index (χ0n) is 7.79. The smallest absolute Gasteiger partial charge is 0.407 e. The van der Waals surface area contributed by atoms with E-state index in [9.17, 15) is 9.18 Å². The van der Waals surface area contributed by atoms with Gasteiger partial charge in [0.15, 0.2) is 0 Å². The lowest BCUT2D eigenvalue weighted by Crippen LogP contribution is -2.54. The minimum atomic E-state index is -1.25. The van der Waals surface area contributed by atoms with Crippen LogP contribution in [0.5, 0.6) is 0 Å². The van der Waals surface area contributed by atoms with E-state index >= 15 is 0 Å². The lowest BCUT2D eigenvalue weighted by Gasteiger charge is -2.39. The summed E-state index contributed by atoms with van der Waals surface area (Å²) in [4.78, 5) is 11.6. The molecule has 1 saturated heterocycles. The molecular weight excluding hydrogens is 177 g/mol. The van der Waals surface area contributed by atoms with Gasteiger partial charge >= 0.3 is 6.09 Å². The summed E-state index contributed by atoms with van der Waals surface area (Å²) in [5, 5.41) is 8.62. The number of ether oxygens (including phenoxy) is 1. The number of alkyl halides is 1. The number of carboxylic acid groups (broad SMARTS) is 1. The number of likely N-dealkylation sites (tertiary alicyclic amines) is 1. The molecule has 76 valence electrons. The highest BCUT2D eigenvalue weighted by Gasteiger charge is 2.41. The van der Waals surface area contributed by atoms with Crippen LogP contribution in [0.4, 0.5) is 9.18 Å². The Labute approximate surface area is 76.3 Å². The van der Waals surface area contributed by atoms with Gasteiger partial charge < -0.3 is 14.7 Å². The highest BCUT2D eigenvalue weighted by Crippen LogP contribution is 2.27. The molecular formula is C8H14FNO3. The lowest BCUT2D eigenvalue weighted by atomic mass is 9.92. The van der Waals surface area contributed by atoms with Crippen molar-refractivity contribution in [3.63, 3.8) is 0 Å². The zero-order valence-corrected chi connectivity index (χ0v) is 7.79. The van der Waals surface area contributed by atoms with Gasteiger partial charge in [-0.1, -0.05) is 0 Å². The molecule has 0 aliphatic carbocycles. The first-order valence-electron chi connectivity index (χ1n) is 4.16. The molecule has 0 radical (unpaired) electrons. The van der Waals surface area contributed by atoms with Crippen molar-refractivity contribution in [2.75, 3.05) is 20.2 Å². The van der Waals surface area contributed by atoms with Crippen molar-refractivity contribution in [3.05, 3.63) is 0 Å². The fourth-order valence-corrected chi connectivity index (χ4v) is 1.40. The first-order valence-corrected chi connectivity index (χ1v) is 4.16. The van der Waals surface area contributed by atoms with E-state index in [-0.39, 0.29) is 6.54 Å². The number of hydrogen-bond acceptors (Lipinski definition) is 2. The number of methoxy groups -OCH3 is 1. The van der Waals surface area contributed by atoms with Crippen molar-refractivity contribution in [3.8, 4) is 0 Å². The topological polar surface area (TPSA) is 49.8 Å². The van der Waals surface area contributed by atoms with Gasteiger partial charge in [-0.05, 0) is 13.3 Å². The Balaban J connectivity index is 2.61. The molecule has 1 rings (SSSR count). The normalized spacial score (nSPS) is 34.7. The van der Waals surface area contributed by atoms with E-state index in [4.69, 9.17) is 9.84 Å². The Morgan fingerprint density at radius 3 is 2.77 bits per heavy atom. The van der Waals surface area contributed by atoms with E-state index in [0.29, 0.717) is 13.0 Å². The van der Waals surface area contributed by atoms with E-state index in [1.807, 2.05) is 0 Å². The van der Waals surface area contributed by atoms with Crippen molar-refractivity contribution in [2.24, 2.45) is 0 Å². The maximum Gasteiger partial charge on any atom is 0.407 e. The van der Waals surface area contributed by atoms with Crippen LogP contribution in [0.1, 0.15) is 13.3 Å². The molecule has 1 heterocycles. The van der Waals surface area contributed by atoms with Crippen molar-refractivity contribution >= 4 is 6.09 Å². The Morgan fingerprint density at radius 1 is 1.77 bits per heavy atom. The summed E-state index contributed by atoms with van der Waals surface area (Å²) in [5.74, 6) is 0. The second-order valence-electron chi connectivity index (χ2n) is 3.46. The molecule has 13 heavy (non-hydrogen) atoms. The van der Waals surface area contributed by atoms with Crippen molar-refractivity contribution < 1.29 is 19.0 Å². The second kappa shape index (κ2) is 3.49. The summed E-state index contributed by atoms with van der Waals surface area (Å²) >= 11 is 0. The molecule has 0 saturated carbocycles. The average molecular weight is 191 g/mol. The maximum absolute atomic E-state index is 13.4. The SMILES string of the molecule is COC1(C)CCN(C(=O)O)CC1F. The van der Waals surface area contributed by atoms with Gasteiger partial charge in [-0.15, -0.1) is 0 Å². The van der Waals surface area contributed by atoms with Crippen LogP contribution in [0.2, 0.25) is 0 Å². The summed E-state index contributed by atoms with van der Waals surface area (Å²) in [5.41, 5.74) is -0.827. The largest absolute Gasteiger partial charge is 0.465 e. The van der Waals surface area contributed by atoms with E-state index in [1.165, 1.54) is 7.11 Å². The van der Waals surface area contributed by atoms with Crippen LogP contribution in [0, 0.1) is 0 Å². The van der Waals surface area contributed by atoms with Crippen LogP contribution >= 0.6 is 0 Å². The van der Waals surface area contributed by atoms with Crippen molar-refractivity contribution in [2.45, 2.75) is 25.1 Å². The third kappa shape index (κ3) is 1.91. The summed E-state index contributed by atoms with van der Waals surface area (Å²) in [6, 6.07) is 0. The van der Waals surface area contributed by atoms with E-state index in [1.54, 1.807) is 6.92 Å². The highest BCUT2D eigenvalue weighted by molar-refractivity contribution is 5.65. The predicted molar refractivity (Wildman–Crippen MR) is 44.5 cm³/mol. The molecule has 0 aromatic rings. The maximum atomic E-state index is 13.4. The molecule has 0 spiro atoms. The standard InChI is InChI=1S/C8H14FNO3/c1-8(13-2)3-4-10(7(11)12)5-6(8)9/h6H,3-5H2,1-2H3,(H,11,12). The van der Waals surface area contributed by atoms with E-state index < -0.39 is 17.9 Å². The quantitative estimate of drug-likeness (QED) is 0.675. The molecule has 0 bridgehead atoms. The minimum absolute atomic E-state index is 0.0975. The van der Waals surface area contributed by atoms with E-state index in [0.717, 1.165) is 4.90 Å². The number of carbonyl (C=O) groups is 1. The van der Waals surface area contributed by atoms with Crippen molar-refractivity contribution in [1.82, 2.24) is 4.90 Å². The van der Waals surface area contributed by atoms with Crippen LogP contribution in [0.15, 0.2) is 0 Å². The fraction of sp³-hybridized carbons (Fsp3) is 0.875. The third-order valence-corrected chi connectivity index (χ3v) is 2.66. The molecule has 2 unspecified atom stereocenters. The molecule has 4 nitrogen and oxygen atoms in total. The Bertz CT molecular complexity index is 212. The minimum Gasteiger partial charge on any atom is -0.465 e. The molecule has 1 aliphatic rings. The van der Waals surface area contributed by atoms with Gasteiger partial charge in [0, 0.05) is 13.7 Å². The molecule has 1 N–H and O–H groups in total. The predicted octanol–water partition coefficient (Wildman–Crippen LogP) is 1.11. The third-order valence-electron chi connectivity index (χ3n) is 2.66. The number of rotatable bonds is 1. The monoisotopic (exact) mass is 191 g/mol. The lowest BCUT2D eigenvalue weighted by molar-refractivity contribution is -0.0932. The first kappa shape index (κ1) is 10.2. The highest BCUT2D eigenvalue weighted by atomic mass is 19.1. The number of piperidine rings is 1. The number of hydrogen-bond donors (Lipinski definition) is 1. The summed E-state index contributed by atoms with van der Waals surface area (Å²) in [7, 11) is 1.45. The van der Waals surface area contributed by atoms with Gasteiger partial charge in [-0.25, -0.2) is 9.18 Å². The Morgan fingerprint density at radius 2 is 2.38 bits per heavy atom. The first-order chi connectivity index (χ1) is 5.99. The van der Waals surface area contributed by atoms with Gasteiger partial charge in [-0.3, -0.25) is 0 Å². The second-order valence-corrected chi connectivity index (χ2v) is 3.46. The molecule has 0 aromatic carbocycles. The molecule has 5 heteroatoms. The Kier molecular flexibility index (Phi) is 2.75. The van der Waals surface area contributed by atoms with Gasteiger partial charge in [-0.2, -0.15) is 0 Å². The number of nitrogens with zero attached hydrogens (tertiary/aromatic N) is 1. The number of amides is 1. The van der Waals surface area contributed by atoms with Crippen LogP contribution in [0.3, 0.4) is 0 Å². The molecule has 0 aromatic heterocycles. The number of halogens is 1. The van der Waals surface area contributed by atoms with Crippen LogP contribution < -0.4 is 0 Å². The summed E-state index contributed by atoms with van der Waals surface area (Å²) in [6.07, 6.45) is -1.92.